The van der Waals surface area contributed by atoms with Gasteiger partial charge in [0.1, 0.15) is 24.2 Å². The Morgan fingerprint density at radius 1 is 1.15 bits per heavy atom. The van der Waals surface area contributed by atoms with E-state index in [1.54, 1.807) is 11.9 Å². The third-order valence-electron chi connectivity index (χ3n) is 5.90. The van der Waals surface area contributed by atoms with Gasteiger partial charge in [0.2, 0.25) is 5.91 Å². The zero-order chi connectivity index (χ0) is 23.4. The van der Waals surface area contributed by atoms with E-state index in [2.05, 4.69) is 10.3 Å². The molecule has 1 unspecified atom stereocenters. The molecule has 1 aromatic heterocycles. The maximum Gasteiger partial charge on any atom is 0.358 e. The van der Waals surface area contributed by atoms with Gasteiger partial charge in [-0.1, -0.05) is 42.5 Å². The number of nitrogens with one attached hydrogen (secondary N) is 1. The summed E-state index contributed by atoms with van der Waals surface area (Å²) in [5, 5.41) is 3.29. The SMILES string of the molecule is COC(=O)c1nc(Cc2ccccc2)n(C)c1CCNC1COc2ccccc2N(C)C1=O. The van der Waals surface area contributed by atoms with Crippen molar-refractivity contribution in [3.8, 4) is 5.75 Å². The second-order valence-corrected chi connectivity index (χ2v) is 7.97. The molecule has 1 N–H and O–H groups in total. The van der Waals surface area contributed by atoms with Crippen molar-refractivity contribution in [3.63, 3.8) is 0 Å². The summed E-state index contributed by atoms with van der Waals surface area (Å²) < 4.78 is 12.8. The first-order chi connectivity index (χ1) is 16.0. The molecule has 0 radical (unpaired) electrons. The number of hydrogen-bond donors (Lipinski definition) is 1. The predicted molar refractivity (Wildman–Crippen MR) is 125 cm³/mol. The number of nitrogens with zero attached hydrogens (tertiary/aromatic N) is 3. The van der Waals surface area contributed by atoms with E-state index in [1.165, 1.54) is 7.11 Å². The van der Waals surface area contributed by atoms with Crippen LogP contribution >= 0.6 is 0 Å². The molecule has 2 heterocycles. The normalized spacial score (nSPS) is 15.5. The van der Waals surface area contributed by atoms with Crippen LogP contribution in [0.5, 0.6) is 5.75 Å². The summed E-state index contributed by atoms with van der Waals surface area (Å²) >= 11 is 0. The van der Waals surface area contributed by atoms with Crippen LogP contribution in [-0.2, 0) is 29.4 Å². The van der Waals surface area contributed by atoms with Gasteiger partial charge in [0.15, 0.2) is 5.69 Å². The minimum absolute atomic E-state index is 0.0667. The molecule has 8 heteroatoms. The summed E-state index contributed by atoms with van der Waals surface area (Å²) in [6, 6.07) is 17.0. The van der Waals surface area contributed by atoms with E-state index >= 15 is 0 Å². The monoisotopic (exact) mass is 448 g/mol. The van der Waals surface area contributed by atoms with Gasteiger partial charge in [-0.05, 0) is 17.7 Å². The molecular formula is C25H28N4O4. The lowest BCUT2D eigenvalue weighted by atomic mass is 10.1. The number of hydrogen-bond acceptors (Lipinski definition) is 6. The third kappa shape index (κ3) is 4.75. The van der Waals surface area contributed by atoms with Gasteiger partial charge in [-0.15, -0.1) is 0 Å². The maximum atomic E-state index is 12.9. The number of fused-ring (bicyclic) bond motifs is 1. The number of likely N-dealkylation sites (N-methyl/N-ethyl adjacent to an activating group) is 1. The van der Waals surface area contributed by atoms with Crippen molar-refractivity contribution in [3.05, 3.63) is 77.4 Å². The maximum absolute atomic E-state index is 12.9. The number of para-hydroxylation sites is 2. The molecule has 3 aromatic rings. The first kappa shape index (κ1) is 22.5. The Hall–Kier alpha value is -3.65. The fourth-order valence-corrected chi connectivity index (χ4v) is 4.03. The van der Waals surface area contributed by atoms with Crippen molar-refractivity contribution >= 4 is 17.6 Å². The molecule has 4 rings (SSSR count). The molecule has 33 heavy (non-hydrogen) atoms. The van der Waals surface area contributed by atoms with Crippen LogP contribution in [0.1, 0.15) is 27.6 Å². The van der Waals surface area contributed by atoms with Crippen molar-refractivity contribution in [2.45, 2.75) is 18.9 Å². The number of carbonyl (C=O) groups excluding carboxylic acids is 2. The van der Waals surface area contributed by atoms with E-state index < -0.39 is 12.0 Å². The standard InChI is InChI=1S/C25H28N4O4/c1-28-20(23(25(31)32-3)27-22(28)15-17-9-5-4-6-10-17)13-14-26-18-16-33-21-12-8-7-11-19(21)29(2)24(18)30/h4-12,18,26H,13-16H2,1-3H3. The lowest BCUT2D eigenvalue weighted by Gasteiger charge is -2.20. The first-order valence-corrected chi connectivity index (χ1v) is 10.9. The van der Waals surface area contributed by atoms with Crippen LogP contribution in [0.3, 0.4) is 0 Å². The molecule has 2 aromatic carbocycles. The Labute approximate surface area is 193 Å². The second kappa shape index (κ2) is 9.87. The average Bonchev–Trinajstić information content (AvgIpc) is 3.09. The summed E-state index contributed by atoms with van der Waals surface area (Å²) in [5.74, 6) is 0.926. The number of ether oxygens (including phenoxy) is 2. The Morgan fingerprint density at radius 3 is 2.64 bits per heavy atom. The van der Waals surface area contributed by atoms with Crippen LogP contribution in [0.15, 0.2) is 54.6 Å². The second-order valence-electron chi connectivity index (χ2n) is 7.97. The molecule has 0 bridgehead atoms. The summed E-state index contributed by atoms with van der Waals surface area (Å²) in [5.41, 5.74) is 2.92. The lowest BCUT2D eigenvalue weighted by Crippen LogP contribution is -2.47. The zero-order valence-corrected chi connectivity index (χ0v) is 19.1. The third-order valence-corrected chi connectivity index (χ3v) is 5.90. The van der Waals surface area contributed by atoms with Crippen LogP contribution in [-0.4, -0.2) is 54.8 Å². The summed E-state index contributed by atoms with van der Waals surface area (Å²) in [6.45, 7) is 0.701. The molecule has 1 aliphatic rings. The quantitative estimate of drug-likeness (QED) is 0.559. The molecule has 0 aliphatic carbocycles. The highest BCUT2D eigenvalue weighted by molar-refractivity contribution is 5.98. The Balaban J connectivity index is 1.47. The van der Waals surface area contributed by atoms with Crippen molar-refractivity contribution in [1.82, 2.24) is 14.9 Å². The van der Waals surface area contributed by atoms with Crippen LogP contribution in [0, 0.1) is 0 Å². The molecular weight excluding hydrogens is 420 g/mol. The van der Waals surface area contributed by atoms with Crippen LogP contribution < -0.4 is 15.0 Å². The van der Waals surface area contributed by atoms with Gasteiger partial charge in [-0.2, -0.15) is 0 Å². The smallest absolute Gasteiger partial charge is 0.358 e. The first-order valence-electron chi connectivity index (χ1n) is 10.9. The number of anilines is 1. The van der Waals surface area contributed by atoms with Gasteiger partial charge in [0.05, 0.1) is 18.5 Å². The molecule has 0 saturated heterocycles. The number of methoxy groups -OCH3 is 1. The van der Waals surface area contributed by atoms with Gasteiger partial charge in [0, 0.05) is 33.5 Å². The number of esters is 1. The van der Waals surface area contributed by atoms with E-state index in [-0.39, 0.29) is 12.5 Å². The number of rotatable bonds is 7. The van der Waals surface area contributed by atoms with Crippen LogP contribution in [0.4, 0.5) is 5.69 Å². The number of carbonyl (C=O) groups is 2. The van der Waals surface area contributed by atoms with Crippen molar-refractivity contribution in [1.29, 1.82) is 0 Å². The van der Waals surface area contributed by atoms with Crippen LogP contribution in [0.2, 0.25) is 0 Å². The van der Waals surface area contributed by atoms with Crippen LogP contribution in [0.25, 0.3) is 0 Å². The summed E-state index contributed by atoms with van der Waals surface area (Å²) in [7, 11) is 5.00. The van der Waals surface area contributed by atoms with E-state index in [0.29, 0.717) is 30.8 Å². The van der Waals surface area contributed by atoms with Gasteiger partial charge in [0.25, 0.3) is 0 Å². The minimum atomic E-state index is -0.499. The lowest BCUT2D eigenvalue weighted by molar-refractivity contribution is -0.120. The molecule has 0 spiro atoms. The molecule has 1 atom stereocenters. The predicted octanol–water partition coefficient (Wildman–Crippen LogP) is 2.35. The molecule has 0 fully saturated rings. The molecule has 0 saturated carbocycles. The molecule has 1 amide bonds. The highest BCUT2D eigenvalue weighted by atomic mass is 16.5. The highest BCUT2D eigenvalue weighted by Gasteiger charge is 2.29. The van der Waals surface area contributed by atoms with Crippen molar-refractivity contribution in [2.24, 2.45) is 7.05 Å². The Kier molecular flexibility index (Phi) is 6.74. The average molecular weight is 449 g/mol. The number of amides is 1. The molecule has 172 valence electrons. The topological polar surface area (TPSA) is 85.7 Å². The Morgan fingerprint density at radius 2 is 1.88 bits per heavy atom. The number of imidazole rings is 1. The highest BCUT2D eigenvalue weighted by Crippen LogP contribution is 2.29. The number of aromatic nitrogens is 2. The van der Waals surface area contributed by atoms with Gasteiger partial charge in [-0.3, -0.25) is 4.79 Å². The minimum Gasteiger partial charge on any atom is -0.489 e. The largest absolute Gasteiger partial charge is 0.489 e. The van der Waals surface area contributed by atoms with Crippen molar-refractivity contribution in [2.75, 3.05) is 32.2 Å². The molecule has 8 nitrogen and oxygen atoms in total. The van der Waals surface area contributed by atoms with Gasteiger partial charge in [-0.25, -0.2) is 9.78 Å². The molecule has 1 aliphatic heterocycles. The fraction of sp³-hybridized carbons (Fsp3) is 0.320. The zero-order valence-electron chi connectivity index (χ0n) is 19.1. The van der Waals surface area contributed by atoms with E-state index in [4.69, 9.17) is 9.47 Å². The van der Waals surface area contributed by atoms with E-state index in [1.807, 2.05) is 66.2 Å². The van der Waals surface area contributed by atoms with Crippen molar-refractivity contribution < 1.29 is 19.1 Å². The Bertz CT molecular complexity index is 1140. The van der Waals surface area contributed by atoms with Gasteiger partial charge >= 0.3 is 5.97 Å². The van der Waals surface area contributed by atoms with E-state index in [9.17, 15) is 9.59 Å². The van der Waals surface area contributed by atoms with E-state index in [0.717, 1.165) is 22.8 Å². The number of benzene rings is 2. The summed E-state index contributed by atoms with van der Waals surface area (Å²) in [4.78, 5) is 31.5. The fourth-order valence-electron chi connectivity index (χ4n) is 4.03. The summed E-state index contributed by atoms with van der Waals surface area (Å²) in [6.07, 6.45) is 1.11. The van der Waals surface area contributed by atoms with Gasteiger partial charge < -0.3 is 24.3 Å².